The van der Waals surface area contributed by atoms with Crippen LogP contribution in [0.2, 0.25) is 0 Å². The zero-order valence-corrected chi connectivity index (χ0v) is 26.6. The van der Waals surface area contributed by atoms with Crippen molar-refractivity contribution in [3.8, 4) is 11.4 Å². The summed E-state index contributed by atoms with van der Waals surface area (Å²) in [6.45, 7) is 9.65. The van der Waals surface area contributed by atoms with Gasteiger partial charge in [-0.15, -0.1) is 10.2 Å². The fourth-order valence-electron chi connectivity index (χ4n) is 6.29. The van der Waals surface area contributed by atoms with Crippen molar-refractivity contribution in [1.82, 2.24) is 29.7 Å². The SMILES string of the molecule is Cc1ccc(-n2nc(C(C)(C)C)cc2NC(=O)N[C@H]2CC[C@@H](Oc3ccc4nnc(N5CCC(O)C5)n4c3)c3ccccc32)cc1. The van der Waals surface area contributed by atoms with Crippen molar-refractivity contribution < 1.29 is 14.6 Å². The van der Waals surface area contributed by atoms with Gasteiger partial charge in [0.05, 0.1) is 29.7 Å². The molecule has 1 unspecified atom stereocenters. The van der Waals surface area contributed by atoms with Gasteiger partial charge in [-0.25, -0.2) is 9.48 Å². The minimum absolute atomic E-state index is 0.178. The normalized spacial score (nSPS) is 19.7. The van der Waals surface area contributed by atoms with Gasteiger partial charge in [0.2, 0.25) is 5.95 Å². The maximum absolute atomic E-state index is 13.5. The number of amides is 2. The molecule has 3 N–H and O–H groups in total. The number of ether oxygens (including phenoxy) is 1. The van der Waals surface area contributed by atoms with E-state index < -0.39 is 0 Å². The Hall–Kier alpha value is -4.90. The Kier molecular flexibility index (Phi) is 7.64. The third-order valence-corrected chi connectivity index (χ3v) is 8.82. The van der Waals surface area contributed by atoms with Crippen LogP contribution in [0.5, 0.6) is 5.75 Å². The standard InChI is InChI=1S/C35H40N8O3/c1-22-9-11-23(12-10-22)43-32(19-30(40-43)35(2,3)4)37-33(45)36-28-14-15-29(27-8-6-5-7-26(27)28)46-25-13-16-31-38-39-34(42(31)21-25)41-18-17-24(44)20-41/h5-13,16,19,21,24,28-29,44H,14-15,17-18,20H2,1-4H3,(H2,36,37,45)/t24?,28-,29+/m0/s1. The minimum atomic E-state index is -0.356. The highest BCUT2D eigenvalue weighted by Crippen LogP contribution is 2.39. The van der Waals surface area contributed by atoms with Crippen LogP contribution in [0.3, 0.4) is 0 Å². The molecule has 1 saturated heterocycles. The summed E-state index contributed by atoms with van der Waals surface area (Å²) < 4.78 is 10.3. The van der Waals surface area contributed by atoms with Crippen LogP contribution in [0.1, 0.15) is 74.6 Å². The lowest BCUT2D eigenvalue weighted by molar-refractivity contribution is 0.171. The molecule has 0 radical (unpaired) electrons. The summed E-state index contributed by atoms with van der Waals surface area (Å²) in [6, 6.07) is 21.5. The maximum atomic E-state index is 13.5. The van der Waals surface area contributed by atoms with E-state index >= 15 is 0 Å². The fourth-order valence-corrected chi connectivity index (χ4v) is 6.29. The Labute approximate surface area is 268 Å². The molecule has 238 valence electrons. The van der Waals surface area contributed by atoms with Crippen molar-refractivity contribution in [1.29, 1.82) is 0 Å². The van der Waals surface area contributed by atoms with E-state index in [1.807, 2.05) is 77.0 Å². The second kappa shape index (κ2) is 11.8. The Morgan fingerprint density at radius 3 is 2.50 bits per heavy atom. The largest absolute Gasteiger partial charge is 0.484 e. The van der Waals surface area contributed by atoms with Crippen LogP contribution in [0, 0.1) is 6.92 Å². The van der Waals surface area contributed by atoms with E-state index in [4.69, 9.17) is 9.84 Å². The topological polar surface area (TPSA) is 122 Å². The van der Waals surface area contributed by atoms with Crippen LogP contribution < -0.4 is 20.3 Å². The number of anilines is 2. The summed E-state index contributed by atoms with van der Waals surface area (Å²) >= 11 is 0. The molecule has 0 bridgehead atoms. The molecule has 1 fully saturated rings. The highest BCUT2D eigenvalue weighted by atomic mass is 16.5. The summed E-state index contributed by atoms with van der Waals surface area (Å²) in [6.07, 6.45) is 3.53. The second-order valence-corrected chi connectivity index (χ2v) is 13.4. The Morgan fingerprint density at radius 1 is 0.978 bits per heavy atom. The van der Waals surface area contributed by atoms with Crippen LogP contribution >= 0.6 is 0 Å². The lowest BCUT2D eigenvalue weighted by atomic mass is 9.85. The maximum Gasteiger partial charge on any atom is 0.320 e. The fraction of sp³-hybridized carbons (Fsp3) is 0.371. The number of aryl methyl sites for hydroxylation is 1. The van der Waals surface area contributed by atoms with Gasteiger partial charge < -0.3 is 20.1 Å². The number of rotatable bonds is 6. The minimum Gasteiger partial charge on any atom is -0.484 e. The number of urea groups is 1. The number of aromatic nitrogens is 5. The van der Waals surface area contributed by atoms with E-state index in [0.29, 0.717) is 36.9 Å². The van der Waals surface area contributed by atoms with Gasteiger partial charge in [0.25, 0.3) is 0 Å². The smallest absolute Gasteiger partial charge is 0.320 e. The van der Waals surface area contributed by atoms with Crippen LogP contribution in [0.4, 0.5) is 16.6 Å². The first-order valence-electron chi connectivity index (χ1n) is 15.9. The molecule has 1 aliphatic heterocycles. The van der Waals surface area contributed by atoms with Crippen LogP contribution in [0.15, 0.2) is 72.9 Å². The van der Waals surface area contributed by atoms with Crippen molar-refractivity contribution in [3.63, 3.8) is 0 Å². The number of nitrogens with one attached hydrogen (secondary N) is 2. The highest BCUT2D eigenvalue weighted by Gasteiger charge is 2.31. The number of pyridine rings is 1. The molecular formula is C35H40N8O3. The van der Waals surface area contributed by atoms with E-state index in [2.05, 4.69) is 53.7 Å². The van der Waals surface area contributed by atoms with Gasteiger partial charge in [0, 0.05) is 24.6 Å². The Bertz CT molecular complexity index is 1870. The van der Waals surface area contributed by atoms with Gasteiger partial charge in [-0.3, -0.25) is 9.72 Å². The summed E-state index contributed by atoms with van der Waals surface area (Å²) in [5, 5.41) is 29.8. The van der Waals surface area contributed by atoms with Gasteiger partial charge in [0.15, 0.2) is 5.65 Å². The quantitative estimate of drug-likeness (QED) is 0.217. The molecule has 0 spiro atoms. The van der Waals surface area contributed by atoms with Crippen LogP contribution in [-0.2, 0) is 5.41 Å². The third-order valence-electron chi connectivity index (χ3n) is 8.82. The van der Waals surface area contributed by atoms with E-state index in [9.17, 15) is 9.90 Å². The second-order valence-electron chi connectivity index (χ2n) is 13.4. The lowest BCUT2D eigenvalue weighted by Gasteiger charge is -2.32. The van der Waals surface area contributed by atoms with Crippen molar-refractivity contribution in [2.45, 2.75) is 70.6 Å². The van der Waals surface area contributed by atoms with Crippen LogP contribution in [0.25, 0.3) is 11.3 Å². The Morgan fingerprint density at radius 2 is 1.76 bits per heavy atom. The number of hydrogen-bond donors (Lipinski definition) is 3. The number of β-amino-alcohol motifs (C(OH)–C–C–N with tert-alkyl or cyclic N) is 1. The number of aliphatic hydroxyl groups is 1. The van der Waals surface area contributed by atoms with E-state index in [-0.39, 0.29) is 29.7 Å². The molecule has 5 aromatic rings. The van der Waals surface area contributed by atoms with Gasteiger partial charge in [0.1, 0.15) is 17.7 Å². The molecule has 46 heavy (non-hydrogen) atoms. The van der Waals surface area contributed by atoms with Crippen molar-refractivity contribution in [2.24, 2.45) is 0 Å². The average molecular weight is 621 g/mol. The first-order chi connectivity index (χ1) is 22.1. The number of carbonyl (C=O) groups excluding carboxylic acids is 1. The number of aliphatic hydroxyl groups excluding tert-OH is 1. The molecule has 3 aromatic heterocycles. The zero-order valence-electron chi connectivity index (χ0n) is 26.6. The average Bonchev–Trinajstić information content (AvgIpc) is 3.77. The van der Waals surface area contributed by atoms with Gasteiger partial charge in [-0.2, -0.15) is 5.10 Å². The third kappa shape index (κ3) is 5.90. The summed E-state index contributed by atoms with van der Waals surface area (Å²) in [7, 11) is 0. The first-order valence-corrected chi connectivity index (χ1v) is 15.9. The number of fused-ring (bicyclic) bond motifs is 2. The number of hydrogen-bond acceptors (Lipinski definition) is 7. The molecule has 11 heteroatoms. The summed E-state index contributed by atoms with van der Waals surface area (Å²) in [5.74, 6) is 2.02. The summed E-state index contributed by atoms with van der Waals surface area (Å²) in [5.41, 5.74) is 5.55. The molecule has 4 heterocycles. The van der Waals surface area contributed by atoms with Crippen molar-refractivity contribution in [3.05, 3.63) is 95.3 Å². The monoisotopic (exact) mass is 620 g/mol. The first kappa shape index (κ1) is 29.8. The number of carbonyl (C=O) groups is 1. The van der Waals surface area contributed by atoms with E-state index in [1.165, 1.54) is 0 Å². The van der Waals surface area contributed by atoms with Gasteiger partial charge in [-0.05, 0) is 61.6 Å². The molecule has 2 aromatic carbocycles. The molecule has 7 rings (SSSR count). The lowest BCUT2D eigenvalue weighted by Crippen LogP contribution is -2.36. The van der Waals surface area contributed by atoms with Crippen molar-refractivity contribution >= 4 is 23.4 Å². The predicted octanol–water partition coefficient (Wildman–Crippen LogP) is 5.87. The molecule has 3 atom stereocenters. The molecule has 1 aliphatic carbocycles. The van der Waals surface area contributed by atoms with E-state index in [1.54, 1.807) is 4.68 Å². The van der Waals surface area contributed by atoms with Crippen LogP contribution in [-0.4, -0.2) is 54.7 Å². The molecular weight excluding hydrogens is 580 g/mol. The zero-order chi connectivity index (χ0) is 32.0. The summed E-state index contributed by atoms with van der Waals surface area (Å²) in [4.78, 5) is 15.5. The number of benzene rings is 2. The van der Waals surface area contributed by atoms with Crippen molar-refractivity contribution in [2.75, 3.05) is 23.3 Å². The Balaban J connectivity index is 1.09. The molecule has 0 saturated carbocycles. The predicted molar refractivity (Wildman–Crippen MR) is 177 cm³/mol. The van der Waals surface area contributed by atoms with E-state index in [0.717, 1.165) is 46.7 Å². The molecule has 2 aliphatic rings. The molecule has 11 nitrogen and oxygen atoms in total. The van der Waals surface area contributed by atoms with Gasteiger partial charge in [-0.1, -0.05) is 62.7 Å². The molecule has 2 amide bonds. The number of nitrogens with zero attached hydrogens (tertiary/aromatic N) is 6. The van der Waals surface area contributed by atoms with Gasteiger partial charge >= 0.3 is 6.03 Å². The highest BCUT2D eigenvalue weighted by molar-refractivity contribution is 5.89.